The lowest BCUT2D eigenvalue weighted by Crippen LogP contribution is -2.49. The Kier molecular flexibility index (Phi) is 6.09. The molecular weight excluding hydrogens is 280 g/mol. The molecule has 2 fully saturated rings. The third-order valence-corrected chi connectivity index (χ3v) is 4.76. The molecule has 5 heteroatoms. The van der Waals surface area contributed by atoms with E-state index in [0.29, 0.717) is 12.5 Å². The van der Waals surface area contributed by atoms with Gasteiger partial charge in [0.1, 0.15) is 0 Å². The quantitative estimate of drug-likeness (QED) is 0.820. The monoisotopic (exact) mass is 312 g/mol. The first-order chi connectivity index (χ1) is 10.4. The molecule has 4 atom stereocenters. The minimum absolute atomic E-state index is 0.0816. The van der Waals surface area contributed by atoms with Crippen molar-refractivity contribution in [1.82, 2.24) is 10.6 Å². The number of carbonyl (C=O) groups is 1. The molecule has 0 bridgehead atoms. The second-order valence-electron chi connectivity index (χ2n) is 7.63. The summed E-state index contributed by atoms with van der Waals surface area (Å²) in [6.45, 7) is 11.0. The van der Waals surface area contributed by atoms with Gasteiger partial charge in [0.05, 0.1) is 18.2 Å². The van der Waals surface area contributed by atoms with Crippen molar-refractivity contribution in [2.24, 2.45) is 11.3 Å². The van der Waals surface area contributed by atoms with Gasteiger partial charge in [-0.1, -0.05) is 27.7 Å². The highest BCUT2D eigenvalue weighted by molar-refractivity contribution is 5.74. The van der Waals surface area contributed by atoms with E-state index < -0.39 is 0 Å². The van der Waals surface area contributed by atoms with Crippen LogP contribution in [0.2, 0.25) is 0 Å². The highest BCUT2D eigenvalue weighted by Crippen LogP contribution is 2.34. The fourth-order valence-electron chi connectivity index (χ4n) is 3.62. The van der Waals surface area contributed by atoms with Crippen LogP contribution in [0.25, 0.3) is 0 Å². The lowest BCUT2D eigenvalue weighted by Gasteiger charge is -2.31. The van der Waals surface area contributed by atoms with Crippen molar-refractivity contribution < 1.29 is 14.3 Å². The average molecular weight is 312 g/mol. The van der Waals surface area contributed by atoms with Crippen molar-refractivity contribution in [2.45, 2.75) is 71.6 Å². The van der Waals surface area contributed by atoms with E-state index in [4.69, 9.17) is 9.47 Å². The Balaban J connectivity index is 1.77. The Morgan fingerprint density at radius 3 is 2.59 bits per heavy atom. The van der Waals surface area contributed by atoms with Crippen LogP contribution in [0.1, 0.15) is 53.4 Å². The maximum atomic E-state index is 12.2. The number of nitrogens with one attached hydrogen (secondary N) is 2. The van der Waals surface area contributed by atoms with Crippen LogP contribution < -0.4 is 10.6 Å². The predicted octanol–water partition coefficient (Wildman–Crippen LogP) is 2.69. The topological polar surface area (TPSA) is 59.6 Å². The molecule has 22 heavy (non-hydrogen) atoms. The molecule has 0 radical (unpaired) electrons. The zero-order chi connectivity index (χ0) is 16.2. The van der Waals surface area contributed by atoms with E-state index in [1.165, 1.54) is 0 Å². The van der Waals surface area contributed by atoms with Gasteiger partial charge in [-0.3, -0.25) is 0 Å². The largest absolute Gasteiger partial charge is 0.377 e. The number of amides is 2. The molecule has 2 heterocycles. The maximum absolute atomic E-state index is 12.2. The van der Waals surface area contributed by atoms with Gasteiger partial charge in [-0.05, 0) is 31.1 Å². The zero-order valence-corrected chi connectivity index (χ0v) is 14.5. The SMILES string of the molecule is CC[C@H](NC(=O)NC[C@H]1CCO[C@@H]1C(C)(C)C)[C@H]1CCCO1. The highest BCUT2D eigenvalue weighted by Gasteiger charge is 2.37. The summed E-state index contributed by atoms with van der Waals surface area (Å²) in [7, 11) is 0. The Labute approximate surface area is 134 Å². The van der Waals surface area contributed by atoms with Gasteiger partial charge in [0.25, 0.3) is 0 Å². The molecular formula is C17H32N2O3. The van der Waals surface area contributed by atoms with Crippen LogP contribution >= 0.6 is 0 Å². The van der Waals surface area contributed by atoms with Gasteiger partial charge in [0.2, 0.25) is 0 Å². The second kappa shape index (κ2) is 7.64. The van der Waals surface area contributed by atoms with E-state index in [9.17, 15) is 4.79 Å². The van der Waals surface area contributed by atoms with Gasteiger partial charge < -0.3 is 20.1 Å². The van der Waals surface area contributed by atoms with Crippen LogP contribution in [0.3, 0.4) is 0 Å². The van der Waals surface area contributed by atoms with Crippen LogP contribution in [0.5, 0.6) is 0 Å². The number of urea groups is 1. The Morgan fingerprint density at radius 1 is 1.23 bits per heavy atom. The molecule has 0 aromatic heterocycles. The second-order valence-corrected chi connectivity index (χ2v) is 7.63. The first kappa shape index (κ1) is 17.5. The average Bonchev–Trinajstić information content (AvgIpc) is 3.12. The van der Waals surface area contributed by atoms with Gasteiger partial charge in [-0.2, -0.15) is 0 Å². The Hall–Kier alpha value is -0.810. The van der Waals surface area contributed by atoms with Crippen LogP contribution in [0.4, 0.5) is 4.79 Å². The van der Waals surface area contributed by atoms with Crippen molar-refractivity contribution >= 4 is 6.03 Å². The number of hydrogen-bond donors (Lipinski definition) is 2. The van der Waals surface area contributed by atoms with Crippen LogP contribution in [-0.2, 0) is 9.47 Å². The van der Waals surface area contributed by atoms with E-state index in [1.54, 1.807) is 0 Å². The molecule has 0 aromatic rings. The molecule has 2 aliphatic rings. The van der Waals surface area contributed by atoms with E-state index in [-0.39, 0.29) is 29.7 Å². The Bertz CT molecular complexity index is 361. The molecule has 2 saturated heterocycles. The van der Waals surface area contributed by atoms with E-state index in [2.05, 4.69) is 38.3 Å². The minimum Gasteiger partial charge on any atom is -0.377 e. The molecule has 2 rings (SSSR count). The number of hydrogen-bond acceptors (Lipinski definition) is 3. The fourth-order valence-corrected chi connectivity index (χ4v) is 3.62. The molecule has 0 spiro atoms. The number of carbonyl (C=O) groups excluding carboxylic acids is 1. The predicted molar refractivity (Wildman–Crippen MR) is 86.9 cm³/mol. The van der Waals surface area contributed by atoms with Gasteiger partial charge in [-0.25, -0.2) is 4.79 Å². The molecule has 2 aliphatic heterocycles. The van der Waals surface area contributed by atoms with Gasteiger partial charge in [0.15, 0.2) is 0 Å². The number of rotatable bonds is 5. The zero-order valence-electron chi connectivity index (χ0n) is 14.5. The molecule has 0 aromatic carbocycles. The molecule has 0 unspecified atom stereocenters. The first-order valence-electron chi connectivity index (χ1n) is 8.69. The van der Waals surface area contributed by atoms with Crippen molar-refractivity contribution in [1.29, 1.82) is 0 Å². The summed E-state index contributed by atoms with van der Waals surface area (Å²) < 4.78 is 11.5. The van der Waals surface area contributed by atoms with Gasteiger partial charge in [-0.15, -0.1) is 0 Å². The summed E-state index contributed by atoms with van der Waals surface area (Å²) in [6.07, 6.45) is 4.44. The van der Waals surface area contributed by atoms with Crippen LogP contribution in [-0.4, -0.2) is 44.0 Å². The summed E-state index contributed by atoms with van der Waals surface area (Å²) in [5.41, 5.74) is 0.114. The van der Waals surface area contributed by atoms with Crippen molar-refractivity contribution in [2.75, 3.05) is 19.8 Å². The van der Waals surface area contributed by atoms with Crippen LogP contribution in [0.15, 0.2) is 0 Å². The third-order valence-electron chi connectivity index (χ3n) is 4.76. The summed E-state index contributed by atoms with van der Waals surface area (Å²) in [6, 6.07) is 0.0302. The standard InChI is InChI=1S/C17H32N2O3/c1-5-13(14-7-6-9-21-14)19-16(20)18-11-12-8-10-22-15(12)17(2,3)4/h12-15H,5-11H2,1-4H3,(H2,18,19,20)/t12-,13+,14-,15+/m1/s1. The van der Waals surface area contributed by atoms with E-state index in [1.807, 2.05) is 0 Å². The fraction of sp³-hybridized carbons (Fsp3) is 0.941. The smallest absolute Gasteiger partial charge is 0.315 e. The molecule has 5 nitrogen and oxygen atoms in total. The molecule has 2 amide bonds. The van der Waals surface area contributed by atoms with E-state index in [0.717, 1.165) is 38.9 Å². The van der Waals surface area contributed by atoms with Gasteiger partial charge >= 0.3 is 6.03 Å². The molecule has 128 valence electrons. The van der Waals surface area contributed by atoms with Crippen molar-refractivity contribution in [3.05, 3.63) is 0 Å². The van der Waals surface area contributed by atoms with Crippen molar-refractivity contribution in [3.8, 4) is 0 Å². The molecule has 0 aliphatic carbocycles. The van der Waals surface area contributed by atoms with E-state index >= 15 is 0 Å². The maximum Gasteiger partial charge on any atom is 0.315 e. The normalized spacial score (nSPS) is 30.3. The minimum atomic E-state index is -0.0816. The van der Waals surface area contributed by atoms with Crippen LogP contribution in [0, 0.1) is 11.3 Å². The lowest BCUT2D eigenvalue weighted by molar-refractivity contribution is 0.00768. The Morgan fingerprint density at radius 2 is 2.00 bits per heavy atom. The summed E-state index contributed by atoms with van der Waals surface area (Å²) in [4.78, 5) is 12.2. The first-order valence-corrected chi connectivity index (χ1v) is 8.69. The lowest BCUT2D eigenvalue weighted by atomic mass is 9.81. The number of ether oxygens (including phenoxy) is 2. The summed E-state index contributed by atoms with van der Waals surface area (Å²) in [5.74, 6) is 0.397. The molecule has 2 N–H and O–H groups in total. The summed E-state index contributed by atoms with van der Waals surface area (Å²) in [5, 5.41) is 6.10. The van der Waals surface area contributed by atoms with Gasteiger partial charge in [0, 0.05) is 25.7 Å². The third kappa shape index (κ3) is 4.59. The highest BCUT2D eigenvalue weighted by atomic mass is 16.5. The van der Waals surface area contributed by atoms with Crippen molar-refractivity contribution in [3.63, 3.8) is 0 Å². The molecule has 0 saturated carbocycles. The summed E-state index contributed by atoms with van der Waals surface area (Å²) >= 11 is 0.